The summed E-state index contributed by atoms with van der Waals surface area (Å²) in [4.78, 5) is 3.36. The normalized spacial score (nSPS) is 30.6. The van der Waals surface area contributed by atoms with Crippen LogP contribution in [0.3, 0.4) is 0 Å². The third-order valence-corrected chi connectivity index (χ3v) is 5.54. The number of aliphatic hydroxyl groups is 1. The average Bonchev–Trinajstić information content (AvgIpc) is 2.40. The maximum atomic E-state index is 9.01. The van der Waals surface area contributed by atoms with E-state index in [1.807, 2.05) is 0 Å². The molecule has 1 saturated heterocycles. The van der Waals surface area contributed by atoms with E-state index in [0.29, 0.717) is 12.0 Å². The summed E-state index contributed by atoms with van der Waals surface area (Å²) in [5.74, 6) is 0. The van der Waals surface area contributed by atoms with E-state index in [4.69, 9.17) is 5.11 Å². The maximum absolute atomic E-state index is 9.01. The van der Waals surface area contributed by atoms with Crippen LogP contribution in [-0.4, -0.2) is 51.0 Å². The fourth-order valence-corrected chi connectivity index (χ4v) is 4.14. The summed E-state index contributed by atoms with van der Waals surface area (Å²) in [6, 6.07) is 0. The van der Waals surface area contributed by atoms with Crippen LogP contribution in [0.5, 0.6) is 0 Å². The Hall–Kier alpha value is -0.380. The number of allylic oxidation sites excluding steroid dienone is 1. The van der Waals surface area contributed by atoms with Gasteiger partial charge in [0.05, 0.1) is 13.2 Å². The van der Waals surface area contributed by atoms with Crippen LogP contribution >= 0.6 is 0 Å². The van der Waals surface area contributed by atoms with Crippen molar-refractivity contribution in [2.24, 2.45) is 5.41 Å². The van der Waals surface area contributed by atoms with Gasteiger partial charge in [-0.2, -0.15) is 0 Å². The standard InChI is InChI=1S/C17H32N2O/c1-15-5-4-7-17(2,3)16(15)6-8-18-9-11-19(12-10-18)13-14-20/h20H,4-14H2,1-3H3/p+2. The lowest BCUT2D eigenvalue weighted by Crippen LogP contribution is -3.28. The van der Waals surface area contributed by atoms with Gasteiger partial charge in [0.25, 0.3) is 0 Å². The summed E-state index contributed by atoms with van der Waals surface area (Å²) in [7, 11) is 0. The summed E-state index contributed by atoms with van der Waals surface area (Å²) < 4.78 is 0. The minimum atomic E-state index is 0.338. The molecule has 1 aliphatic carbocycles. The summed E-state index contributed by atoms with van der Waals surface area (Å²) in [6.07, 6.45) is 5.35. The third kappa shape index (κ3) is 4.06. The molecule has 0 amide bonds. The van der Waals surface area contributed by atoms with Crippen molar-refractivity contribution < 1.29 is 14.9 Å². The van der Waals surface area contributed by atoms with Crippen LogP contribution in [0, 0.1) is 5.41 Å². The molecule has 0 spiro atoms. The van der Waals surface area contributed by atoms with Crippen molar-refractivity contribution in [3.8, 4) is 0 Å². The molecular weight excluding hydrogens is 248 g/mol. The Labute approximate surface area is 124 Å². The van der Waals surface area contributed by atoms with E-state index in [2.05, 4.69) is 20.8 Å². The molecule has 3 nitrogen and oxygen atoms in total. The van der Waals surface area contributed by atoms with Crippen LogP contribution in [0.15, 0.2) is 11.1 Å². The lowest BCUT2D eigenvalue weighted by Gasteiger charge is -2.36. The highest BCUT2D eigenvalue weighted by atomic mass is 16.3. The predicted molar refractivity (Wildman–Crippen MR) is 83.2 cm³/mol. The number of quaternary nitrogens is 2. The number of nitrogens with one attached hydrogen (secondary N) is 2. The number of piperazine rings is 1. The Morgan fingerprint density at radius 3 is 2.20 bits per heavy atom. The molecule has 0 aromatic heterocycles. The van der Waals surface area contributed by atoms with E-state index in [9.17, 15) is 0 Å². The molecule has 116 valence electrons. The highest BCUT2D eigenvalue weighted by molar-refractivity contribution is 5.22. The van der Waals surface area contributed by atoms with Crippen LogP contribution < -0.4 is 9.80 Å². The van der Waals surface area contributed by atoms with Gasteiger partial charge in [-0.3, -0.25) is 0 Å². The van der Waals surface area contributed by atoms with Crippen molar-refractivity contribution in [2.75, 3.05) is 45.9 Å². The first kappa shape index (κ1) is 16.0. The van der Waals surface area contributed by atoms with E-state index in [0.717, 1.165) is 6.54 Å². The van der Waals surface area contributed by atoms with E-state index in [1.165, 1.54) is 58.4 Å². The van der Waals surface area contributed by atoms with Crippen molar-refractivity contribution in [3.63, 3.8) is 0 Å². The second-order valence-electron chi connectivity index (χ2n) is 7.47. The van der Waals surface area contributed by atoms with Crippen molar-refractivity contribution in [1.29, 1.82) is 0 Å². The van der Waals surface area contributed by atoms with Crippen LogP contribution in [0.2, 0.25) is 0 Å². The van der Waals surface area contributed by atoms with Crippen molar-refractivity contribution in [3.05, 3.63) is 11.1 Å². The molecule has 20 heavy (non-hydrogen) atoms. The van der Waals surface area contributed by atoms with Gasteiger partial charge in [0.1, 0.15) is 32.7 Å². The van der Waals surface area contributed by atoms with Gasteiger partial charge in [0.2, 0.25) is 0 Å². The first-order chi connectivity index (χ1) is 9.53. The molecule has 2 rings (SSSR count). The summed E-state index contributed by atoms with van der Waals surface area (Å²) in [5.41, 5.74) is 3.86. The molecule has 0 aromatic carbocycles. The van der Waals surface area contributed by atoms with Crippen molar-refractivity contribution >= 4 is 0 Å². The first-order valence-corrected chi connectivity index (χ1v) is 8.50. The SMILES string of the molecule is CC1=C(CC[NH+]2CC[NH+](CCO)CC2)C(C)(C)CCC1. The van der Waals surface area contributed by atoms with E-state index in [-0.39, 0.29) is 0 Å². The zero-order chi connectivity index (χ0) is 14.6. The highest BCUT2D eigenvalue weighted by Gasteiger charge is 2.30. The number of hydrogen-bond acceptors (Lipinski definition) is 1. The Morgan fingerprint density at radius 2 is 1.65 bits per heavy atom. The smallest absolute Gasteiger partial charge is 0.127 e. The molecule has 1 aliphatic heterocycles. The molecule has 3 N–H and O–H groups in total. The number of aliphatic hydroxyl groups excluding tert-OH is 1. The minimum absolute atomic E-state index is 0.338. The maximum Gasteiger partial charge on any atom is 0.127 e. The second kappa shape index (κ2) is 7.06. The molecule has 0 saturated carbocycles. The molecule has 2 aliphatic rings. The zero-order valence-corrected chi connectivity index (χ0v) is 13.7. The molecule has 3 heteroatoms. The van der Waals surface area contributed by atoms with Gasteiger partial charge in [0, 0.05) is 6.42 Å². The molecule has 0 radical (unpaired) electrons. The number of rotatable bonds is 5. The van der Waals surface area contributed by atoms with Gasteiger partial charge in [-0.05, 0) is 31.6 Å². The van der Waals surface area contributed by atoms with Crippen molar-refractivity contribution in [1.82, 2.24) is 0 Å². The molecular formula is C17H34N2O+2. The summed E-state index contributed by atoms with van der Waals surface area (Å²) >= 11 is 0. The van der Waals surface area contributed by atoms with E-state index < -0.39 is 0 Å². The third-order valence-electron chi connectivity index (χ3n) is 5.54. The fraction of sp³-hybridized carbons (Fsp3) is 0.882. The van der Waals surface area contributed by atoms with Crippen LogP contribution in [-0.2, 0) is 0 Å². The molecule has 1 fully saturated rings. The van der Waals surface area contributed by atoms with Crippen LogP contribution in [0.1, 0.15) is 46.5 Å². The first-order valence-electron chi connectivity index (χ1n) is 8.50. The lowest BCUT2D eigenvalue weighted by molar-refractivity contribution is -1.01. The van der Waals surface area contributed by atoms with Crippen LogP contribution in [0.25, 0.3) is 0 Å². The van der Waals surface area contributed by atoms with E-state index in [1.54, 1.807) is 20.9 Å². The largest absolute Gasteiger partial charge is 0.391 e. The van der Waals surface area contributed by atoms with Gasteiger partial charge < -0.3 is 14.9 Å². The van der Waals surface area contributed by atoms with Gasteiger partial charge in [-0.1, -0.05) is 25.0 Å². The monoisotopic (exact) mass is 282 g/mol. The minimum Gasteiger partial charge on any atom is -0.391 e. The average molecular weight is 282 g/mol. The highest BCUT2D eigenvalue weighted by Crippen LogP contribution is 2.41. The predicted octanol–water partition coefficient (Wildman–Crippen LogP) is -0.321. The summed E-state index contributed by atoms with van der Waals surface area (Å²) in [5, 5.41) is 9.01. The van der Waals surface area contributed by atoms with E-state index >= 15 is 0 Å². The fourth-order valence-electron chi connectivity index (χ4n) is 4.14. The molecule has 0 bridgehead atoms. The topological polar surface area (TPSA) is 29.1 Å². The van der Waals surface area contributed by atoms with Gasteiger partial charge >= 0.3 is 0 Å². The van der Waals surface area contributed by atoms with Crippen molar-refractivity contribution in [2.45, 2.75) is 46.5 Å². The molecule has 0 atom stereocenters. The van der Waals surface area contributed by atoms with Gasteiger partial charge in [0.15, 0.2) is 0 Å². The van der Waals surface area contributed by atoms with Gasteiger partial charge in [-0.15, -0.1) is 0 Å². The molecule has 0 aromatic rings. The second-order valence-corrected chi connectivity index (χ2v) is 7.47. The zero-order valence-electron chi connectivity index (χ0n) is 13.7. The number of hydrogen-bond donors (Lipinski definition) is 3. The van der Waals surface area contributed by atoms with Gasteiger partial charge in [-0.25, -0.2) is 0 Å². The Bertz CT molecular complexity index is 341. The lowest BCUT2D eigenvalue weighted by atomic mass is 9.71. The van der Waals surface area contributed by atoms with Crippen LogP contribution in [0.4, 0.5) is 0 Å². The summed E-state index contributed by atoms with van der Waals surface area (Å²) in [6.45, 7) is 14.8. The Morgan fingerprint density at radius 1 is 1.05 bits per heavy atom. The Balaban J connectivity index is 1.81. The quantitative estimate of drug-likeness (QED) is 0.593. The molecule has 1 heterocycles. The molecule has 0 unspecified atom stereocenters. The Kier molecular flexibility index (Phi) is 5.65.